The number of hydrogen-bond donors (Lipinski definition) is 0. The molecule has 108 valence electrons. The van der Waals surface area contributed by atoms with Crippen molar-refractivity contribution in [3.63, 3.8) is 0 Å². The zero-order chi connectivity index (χ0) is 15.1. The van der Waals surface area contributed by atoms with Crippen LogP contribution in [0, 0.1) is 0 Å². The second-order valence-corrected chi connectivity index (χ2v) is 4.97. The number of methoxy groups -OCH3 is 2. The first-order valence-corrected chi connectivity index (χ1v) is 7.27. The Kier molecular flexibility index (Phi) is 5.73. The summed E-state index contributed by atoms with van der Waals surface area (Å²) in [6, 6.07) is 16.3. The highest BCUT2D eigenvalue weighted by atomic mass is 16.5. The molecule has 2 aromatic carbocycles. The average molecular weight is 280 g/mol. The van der Waals surface area contributed by atoms with E-state index in [1.165, 1.54) is 11.1 Å². The van der Waals surface area contributed by atoms with Gasteiger partial charge in [-0.15, -0.1) is 0 Å². The lowest BCUT2D eigenvalue weighted by Gasteiger charge is -2.22. The Hall–Kier alpha value is -1.90. The van der Waals surface area contributed by atoms with Gasteiger partial charge in [0.15, 0.2) is 0 Å². The van der Waals surface area contributed by atoms with Crippen LogP contribution in [0.3, 0.4) is 0 Å². The smallest absolute Gasteiger partial charge is 0.122 e. The van der Waals surface area contributed by atoms with Crippen molar-refractivity contribution in [2.45, 2.75) is 25.1 Å². The molecule has 0 N–H and O–H groups in total. The van der Waals surface area contributed by atoms with E-state index in [0.29, 0.717) is 6.32 Å². The monoisotopic (exact) mass is 280 g/mol. The molecule has 0 bridgehead atoms. The molecule has 2 radical (unpaired) electrons. The SMILES string of the molecule is [B]CCCC(c1ccccc1OC)c1ccccc1OC. The van der Waals surface area contributed by atoms with E-state index < -0.39 is 0 Å². The Bertz CT molecular complexity index is 521. The van der Waals surface area contributed by atoms with E-state index >= 15 is 0 Å². The number of hydrogen-bond acceptors (Lipinski definition) is 2. The first kappa shape index (κ1) is 15.5. The van der Waals surface area contributed by atoms with Crippen molar-refractivity contribution in [1.29, 1.82) is 0 Å². The number of para-hydroxylation sites is 2. The molecular weight excluding hydrogens is 259 g/mol. The summed E-state index contributed by atoms with van der Waals surface area (Å²) in [6.07, 6.45) is 2.61. The summed E-state index contributed by atoms with van der Waals surface area (Å²) < 4.78 is 11.1. The summed E-state index contributed by atoms with van der Waals surface area (Å²) in [5.74, 6) is 2.04. The van der Waals surface area contributed by atoms with Gasteiger partial charge in [-0.2, -0.15) is 0 Å². The summed E-state index contributed by atoms with van der Waals surface area (Å²) >= 11 is 0. The molecule has 0 saturated carbocycles. The molecule has 0 aliphatic rings. The fourth-order valence-electron chi connectivity index (χ4n) is 2.71. The Morgan fingerprint density at radius 3 is 1.76 bits per heavy atom. The Morgan fingerprint density at radius 1 is 0.857 bits per heavy atom. The normalized spacial score (nSPS) is 10.6. The third kappa shape index (κ3) is 3.60. The summed E-state index contributed by atoms with van der Waals surface area (Å²) in [7, 11) is 9.13. The molecule has 21 heavy (non-hydrogen) atoms. The van der Waals surface area contributed by atoms with Crippen LogP contribution in [0.2, 0.25) is 6.32 Å². The van der Waals surface area contributed by atoms with Crippen LogP contribution in [0.15, 0.2) is 48.5 Å². The minimum atomic E-state index is 0.223. The standard InChI is InChI=1S/C18H21BO2/c1-20-17-11-5-3-8-15(17)14(10-7-13-19)16-9-4-6-12-18(16)21-2/h3-6,8-9,11-12,14H,7,10,13H2,1-2H3. The van der Waals surface area contributed by atoms with E-state index in [1.54, 1.807) is 14.2 Å². The van der Waals surface area contributed by atoms with E-state index in [1.807, 2.05) is 36.4 Å². The lowest BCUT2D eigenvalue weighted by molar-refractivity contribution is 0.397. The van der Waals surface area contributed by atoms with Gasteiger partial charge in [-0.3, -0.25) is 0 Å². The highest BCUT2D eigenvalue weighted by Crippen LogP contribution is 2.39. The molecule has 0 heterocycles. The quantitative estimate of drug-likeness (QED) is 0.707. The van der Waals surface area contributed by atoms with E-state index in [-0.39, 0.29) is 5.92 Å². The zero-order valence-corrected chi connectivity index (χ0v) is 12.7. The highest BCUT2D eigenvalue weighted by Gasteiger charge is 2.20. The summed E-state index contributed by atoms with van der Waals surface area (Å²) in [5, 5.41) is 0. The molecule has 0 unspecified atom stereocenters. The fraction of sp³-hybridized carbons (Fsp3) is 0.333. The first-order chi connectivity index (χ1) is 10.3. The van der Waals surface area contributed by atoms with Crippen LogP contribution in [0.4, 0.5) is 0 Å². The number of benzene rings is 2. The molecule has 0 aliphatic heterocycles. The van der Waals surface area contributed by atoms with Gasteiger partial charge in [-0.25, -0.2) is 0 Å². The predicted molar refractivity (Wildman–Crippen MR) is 87.6 cm³/mol. The van der Waals surface area contributed by atoms with Crippen LogP contribution >= 0.6 is 0 Å². The molecule has 0 aromatic heterocycles. The van der Waals surface area contributed by atoms with Crippen LogP contribution < -0.4 is 9.47 Å². The fourth-order valence-corrected chi connectivity index (χ4v) is 2.71. The van der Waals surface area contributed by atoms with Crippen LogP contribution in [0.25, 0.3) is 0 Å². The largest absolute Gasteiger partial charge is 0.496 e. The van der Waals surface area contributed by atoms with Crippen LogP contribution in [-0.2, 0) is 0 Å². The maximum absolute atomic E-state index is 5.71. The van der Waals surface area contributed by atoms with Crippen molar-refractivity contribution in [1.82, 2.24) is 0 Å². The molecule has 0 atom stereocenters. The number of rotatable bonds is 7. The van der Waals surface area contributed by atoms with Crippen molar-refractivity contribution in [2.75, 3.05) is 14.2 Å². The van der Waals surface area contributed by atoms with Crippen LogP contribution in [-0.4, -0.2) is 22.1 Å². The molecular formula is C18H21BO2. The van der Waals surface area contributed by atoms with Crippen molar-refractivity contribution >= 4 is 7.85 Å². The van der Waals surface area contributed by atoms with E-state index in [9.17, 15) is 0 Å². The minimum Gasteiger partial charge on any atom is -0.496 e. The minimum absolute atomic E-state index is 0.223. The lowest BCUT2D eigenvalue weighted by Crippen LogP contribution is -2.05. The van der Waals surface area contributed by atoms with Gasteiger partial charge in [-0.1, -0.05) is 49.1 Å². The third-order valence-electron chi connectivity index (χ3n) is 3.73. The third-order valence-corrected chi connectivity index (χ3v) is 3.73. The first-order valence-electron chi connectivity index (χ1n) is 7.27. The molecule has 0 fully saturated rings. The Morgan fingerprint density at radius 2 is 1.33 bits per heavy atom. The second kappa shape index (κ2) is 7.77. The molecule has 0 saturated heterocycles. The van der Waals surface area contributed by atoms with Gasteiger partial charge >= 0.3 is 0 Å². The van der Waals surface area contributed by atoms with E-state index in [2.05, 4.69) is 12.1 Å². The maximum atomic E-state index is 5.71. The van der Waals surface area contributed by atoms with Crippen molar-refractivity contribution in [3.05, 3.63) is 59.7 Å². The topological polar surface area (TPSA) is 18.5 Å². The Labute approximate surface area is 128 Å². The molecule has 3 heteroatoms. The van der Waals surface area contributed by atoms with Crippen LogP contribution in [0.5, 0.6) is 11.5 Å². The molecule has 0 spiro atoms. The maximum Gasteiger partial charge on any atom is 0.122 e. The summed E-state index contributed by atoms with van der Waals surface area (Å²) in [6.45, 7) is 0. The van der Waals surface area contributed by atoms with Crippen molar-refractivity contribution in [3.8, 4) is 11.5 Å². The summed E-state index contributed by atoms with van der Waals surface area (Å²) in [4.78, 5) is 0. The highest BCUT2D eigenvalue weighted by molar-refractivity contribution is 6.08. The molecule has 0 aliphatic carbocycles. The van der Waals surface area contributed by atoms with E-state index in [0.717, 1.165) is 24.3 Å². The summed E-state index contributed by atoms with van der Waals surface area (Å²) in [5.41, 5.74) is 2.36. The van der Waals surface area contributed by atoms with Crippen LogP contribution in [0.1, 0.15) is 29.9 Å². The van der Waals surface area contributed by atoms with E-state index in [4.69, 9.17) is 17.3 Å². The van der Waals surface area contributed by atoms with Gasteiger partial charge < -0.3 is 9.47 Å². The second-order valence-electron chi connectivity index (χ2n) is 4.97. The van der Waals surface area contributed by atoms with Gasteiger partial charge in [0.2, 0.25) is 0 Å². The van der Waals surface area contributed by atoms with Gasteiger partial charge in [0.1, 0.15) is 11.5 Å². The average Bonchev–Trinajstić information content (AvgIpc) is 2.56. The lowest BCUT2D eigenvalue weighted by atomic mass is 9.84. The molecule has 2 nitrogen and oxygen atoms in total. The molecule has 2 aromatic rings. The Balaban J connectivity index is 2.47. The molecule has 0 amide bonds. The zero-order valence-electron chi connectivity index (χ0n) is 12.7. The van der Waals surface area contributed by atoms with Gasteiger partial charge in [0, 0.05) is 17.0 Å². The van der Waals surface area contributed by atoms with Crippen molar-refractivity contribution in [2.24, 2.45) is 0 Å². The van der Waals surface area contributed by atoms with Gasteiger partial charge in [-0.05, 0) is 18.6 Å². The molecule has 2 rings (SSSR count). The predicted octanol–water partition coefficient (Wildman–Crippen LogP) is 4.20. The van der Waals surface area contributed by atoms with Gasteiger partial charge in [0.05, 0.1) is 22.1 Å². The number of ether oxygens (including phenoxy) is 2. The van der Waals surface area contributed by atoms with Gasteiger partial charge in [0.25, 0.3) is 0 Å². The van der Waals surface area contributed by atoms with Crippen molar-refractivity contribution < 1.29 is 9.47 Å².